The standard InChI is InChI=1S/C34H41NS/c1-2-3-4-5-6-7-8-9-10-12-16-29-20-24-32(25-21-29)35(31-17-13-11-14-18-31)33-26-22-30(23-27-33)34-19-15-28-36-34/h11,13-15,17-28H,2-10,12,16H2,1H3. The van der Waals surface area contributed by atoms with Crippen LogP contribution in [0.1, 0.15) is 76.7 Å². The summed E-state index contributed by atoms with van der Waals surface area (Å²) in [5.74, 6) is 0. The molecule has 188 valence electrons. The summed E-state index contributed by atoms with van der Waals surface area (Å²) in [6.45, 7) is 2.29. The second-order valence-corrected chi connectivity index (χ2v) is 10.7. The molecule has 1 aromatic heterocycles. The van der Waals surface area contributed by atoms with Crippen LogP contribution in [0.3, 0.4) is 0 Å². The zero-order chi connectivity index (χ0) is 24.8. The lowest BCUT2D eigenvalue weighted by Gasteiger charge is -2.25. The van der Waals surface area contributed by atoms with Crippen molar-refractivity contribution in [2.24, 2.45) is 0 Å². The molecule has 4 rings (SSSR count). The second kappa shape index (κ2) is 14.7. The molecule has 2 heteroatoms. The Bertz CT molecular complexity index is 1100. The number of benzene rings is 3. The molecule has 0 aliphatic rings. The summed E-state index contributed by atoms with van der Waals surface area (Å²) >= 11 is 1.79. The van der Waals surface area contributed by atoms with Gasteiger partial charge >= 0.3 is 0 Å². The topological polar surface area (TPSA) is 3.24 Å². The maximum Gasteiger partial charge on any atom is 0.0462 e. The average Bonchev–Trinajstić information content (AvgIpc) is 3.47. The number of rotatable bonds is 15. The summed E-state index contributed by atoms with van der Waals surface area (Å²) in [5, 5.41) is 2.14. The van der Waals surface area contributed by atoms with Crippen molar-refractivity contribution >= 4 is 28.4 Å². The van der Waals surface area contributed by atoms with Gasteiger partial charge in [0.25, 0.3) is 0 Å². The van der Waals surface area contributed by atoms with Crippen LogP contribution in [-0.2, 0) is 6.42 Å². The van der Waals surface area contributed by atoms with E-state index in [9.17, 15) is 0 Å². The van der Waals surface area contributed by atoms with Gasteiger partial charge in [-0.2, -0.15) is 0 Å². The zero-order valence-corrected chi connectivity index (χ0v) is 22.7. The molecule has 36 heavy (non-hydrogen) atoms. The van der Waals surface area contributed by atoms with Gasteiger partial charge in [0.15, 0.2) is 0 Å². The van der Waals surface area contributed by atoms with Crippen LogP contribution >= 0.6 is 11.3 Å². The SMILES string of the molecule is CCCCCCCCCCCCc1ccc(N(c2ccccc2)c2ccc(-c3cccs3)cc2)cc1. The van der Waals surface area contributed by atoms with E-state index in [1.54, 1.807) is 11.3 Å². The van der Waals surface area contributed by atoms with Gasteiger partial charge in [-0.1, -0.05) is 113 Å². The van der Waals surface area contributed by atoms with E-state index in [4.69, 9.17) is 0 Å². The van der Waals surface area contributed by atoms with Gasteiger partial charge in [-0.3, -0.25) is 0 Å². The fourth-order valence-electron chi connectivity index (χ4n) is 4.87. The molecule has 0 bridgehead atoms. The van der Waals surface area contributed by atoms with Crippen LogP contribution in [0.4, 0.5) is 17.1 Å². The summed E-state index contributed by atoms with van der Waals surface area (Å²) in [6, 6.07) is 33.1. The van der Waals surface area contributed by atoms with Gasteiger partial charge in [0.2, 0.25) is 0 Å². The Morgan fingerprint density at radius 3 is 1.67 bits per heavy atom. The first-order valence-corrected chi connectivity index (χ1v) is 14.8. The summed E-state index contributed by atoms with van der Waals surface area (Å²) in [7, 11) is 0. The fourth-order valence-corrected chi connectivity index (χ4v) is 5.60. The third kappa shape index (κ3) is 7.83. The Balaban J connectivity index is 1.33. The van der Waals surface area contributed by atoms with Crippen molar-refractivity contribution in [2.75, 3.05) is 4.90 Å². The van der Waals surface area contributed by atoms with Crippen LogP contribution in [0.25, 0.3) is 10.4 Å². The molecule has 0 fully saturated rings. The van der Waals surface area contributed by atoms with Crippen molar-refractivity contribution in [1.82, 2.24) is 0 Å². The van der Waals surface area contributed by atoms with Crippen LogP contribution in [0.5, 0.6) is 0 Å². The van der Waals surface area contributed by atoms with Gasteiger partial charge < -0.3 is 4.90 Å². The molecule has 0 saturated heterocycles. The van der Waals surface area contributed by atoms with Crippen LogP contribution < -0.4 is 4.90 Å². The average molecular weight is 496 g/mol. The molecule has 0 atom stereocenters. The predicted molar refractivity (Wildman–Crippen MR) is 160 cm³/mol. The number of hydrogen-bond acceptors (Lipinski definition) is 2. The first-order valence-electron chi connectivity index (χ1n) is 13.9. The molecular formula is C34H41NS. The smallest absolute Gasteiger partial charge is 0.0462 e. The van der Waals surface area contributed by atoms with Crippen LogP contribution in [-0.4, -0.2) is 0 Å². The molecular weight excluding hydrogens is 454 g/mol. The maximum absolute atomic E-state index is 2.35. The Hall–Kier alpha value is -2.84. The van der Waals surface area contributed by atoms with Gasteiger partial charge in [0.1, 0.15) is 0 Å². The van der Waals surface area contributed by atoms with E-state index in [1.165, 1.54) is 104 Å². The van der Waals surface area contributed by atoms with Crippen molar-refractivity contribution in [3.8, 4) is 10.4 Å². The molecule has 0 aliphatic heterocycles. The normalized spacial score (nSPS) is 11.0. The van der Waals surface area contributed by atoms with Crippen LogP contribution in [0.2, 0.25) is 0 Å². The number of thiophene rings is 1. The van der Waals surface area contributed by atoms with E-state index in [-0.39, 0.29) is 0 Å². The van der Waals surface area contributed by atoms with Crippen molar-refractivity contribution in [3.05, 3.63) is 102 Å². The lowest BCUT2D eigenvalue weighted by atomic mass is 10.0. The van der Waals surface area contributed by atoms with E-state index in [0.29, 0.717) is 0 Å². The van der Waals surface area contributed by atoms with E-state index in [2.05, 4.69) is 108 Å². The predicted octanol–water partition coefficient (Wildman–Crippen LogP) is 11.3. The van der Waals surface area contributed by atoms with Gasteiger partial charge in [-0.15, -0.1) is 11.3 Å². The number of para-hydroxylation sites is 1. The number of unbranched alkanes of at least 4 members (excludes halogenated alkanes) is 9. The van der Waals surface area contributed by atoms with Gasteiger partial charge in [0.05, 0.1) is 0 Å². The van der Waals surface area contributed by atoms with Gasteiger partial charge in [-0.05, 0) is 71.8 Å². The molecule has 0 spiro atoms. The molecule has 0 radical (unpaired) electrons. The Morgan fingerprint density at radius 1 is 0.528 bits per heavy atom. The highest BCUT2D eigenvalue weighted by molar-refractivity contribution is 7.13. The minimum absolute atomic E-state index is 1.18. The monoisotopic (exact) mass is 495 g/mol. The Labute approximate surface area is 222 Å². The lowest BCUT2D eigenvalue weighted by molar-refractivity contribution is 0.556. The first-order chi connectivity index (χ1) is 17.8. The molecule has 1 heterocycles. The largest absolute Gasteiger partial charge is 0.311 e. The highest BCUT2D eigenvalue weighted by atomic mass is 32.1. The van der Waals surface area contributed by atoms with Crippen molar-refractivity contribution in [3.63, 3.8) is 0 Å². The molecule has 0 aliphatic carbocycles. The van der Waals surface area contributed by atoms with E-state index in [1.807, 2.05) is 0 Å². The minimum atomic E-state index is 1.18. The molecule has 1 nitrogen and oxygen atoms in total. The molecule has 3 aromatic carbocycles. The second-order valence-electron chi connectivity index (χ2n) is 9.79. The first kappa shape index (κ1) is 26.2. The highest BCUT2D eigenvalue weighted by Crippen LogP contribution is 2.36. The number of anilines is 3. The highest BCUT2D eigenvalue weighted by Gasteiger charge is 2.12. The summed E-state index contributed by atoms with van der Waals surface area (Å²) < 4.78 is 0. The summed E-state index contributed by atoms with van der Waals surface area (Å²) in [5.41, 5.74) is 6.29. The summed E-state index contributed by atoms with van der Waals surface area (Å²) in [6.07, 6.45) is 15.1. The quantitative estimate of drug-likeness (QED) is 0.148. The van der Waals surface area contributed by atoms with Crippen LogP contribution in [0, 0.1) is 0 Å². The number of nitrogens with zero attached hydrogens (tertiary/aromatic N) is 1. The molecule has 0 saturated carbocycles. The van der Waals surface area contributed by atoms with E-state index < -0.39 is 0 Å². The van der Waals surface area contributed by atoms with Crippen molar-refractivity contribution in [1.29, 1.82) is 0 Å². The molecule has 0 unspecified atom stereocenters. The van der Waals surface area contributed by atoms with Crippen molar-refractivity contribution in [2.45, 2.75) is 77.6 Å². The zero-order valence-electron chi connectivity index (χ0n) is 21.9. The Morgan fingerprint density at radius 2 is 1.08 bits per heavy atom. The van der Waals surface area contributed by atoms with Gasteiger partial charge in [0, 0.05) is 21.9 Å². The third-order valence-corrected chi connectivity index (χ3v) is 7.88. The third-order valence-electron chi connectivity index (χ3n) is 6.96. The maximum atomic E-state index is 2.35. The lowest BCUT2D eigenvalue weighted by Crippen LogP contribution is -2.09. The van der Waals surface area contributed by atoms with E-state index >= 15 is 0 Å². The molecule has 0 N–H and O–H groups in total. The Kier molecular flexibility index (Phi) is 10.7. The number of aryl methyl sites for hydroxylation is 1. The minimum Gasteiger partial charge on any atom is -0.311 e. The summed E-state index contributed by atoms with van der Waals surface area (Å²) in [4.78, 5) is 3.66. The molecule has 4 aromatic rings. The molecule has 0 amide bonds. The van der Waals surface area contributed by atoms with Crippen LogP contribution in [0.15, 0.2) is 96.4 Å². The fraction of sp³-hybridized carbons (Fsp3) is 0.353. The number of hydrogen-bond donors (Lipinski definition) is 0. The van der Waals surface area contributed by atoms with Crippen molar-refractivity contribution < 1.29 is 0 Å². The van der Waals surface area contributed by atoms with E-state index in [0.717, 1.165) is 0 Å². The van der Waals surface area contributed by atoms with Gasteiger partial charge in [-0.25, -0.2) is 0 Å².